The predicted molar refractivity (Wildman–Crippen MR) is 78.6 cm³/mol. The molecule has 1 atom stereocenters. The lowest BCUT2D eigenvalue weighted by molar-refractivity contribution is -0.677. The molecule has 1 aliphatic rings. The molecule has 1 saturated heterocycles. The molecule has 3 rings (SSSR count). The van der Waals surface area contributed by atoms with E-state index in [0.29, 0.717) is 6.10 Å². The van der Waals surface area contributed by atoms with Crippen LogP contribution in [-0.2, 0) is 11.3 Å². The van der Waals surface area contributed by atoms with E-state index in [0.717, 1.165) is 41.8 Å². The molecule has 106 valence electrons. The van der Waals surface area contributed by atoms with Crippen molar-refractivity contribution in [3.63, 3.8) is 0 Å². The van der Waals surface area contributed by atoms with Gasteiger partial charge < -0.3 is 14.5 Å². The molecule has 0 aliphatic carbocycles. The van der Waals surface area contributed by atoms with Crippen molar-refractivity contribution in [2.24, 2.45) is 0 Å². The van der Waals surface area contributed by atoms with E-state index >= 15 is 0 Å². The first-order valence-corrected chi connectivity index (χ1v) is 7.47. The Morgan fingerprint density at radius 1 is 1.20 bits per heavy atom. The monoisotopic (exact) mass is 292 g/mol. The van der Waals surface area contributed by atoms with Crippen LogP contribution in [0.2, 0.25) is 5.02 Å². The van der Waals surface area contributed by atoms with Crippen LogP contribution in [0.3, 0.4) is 0 Å². The van der Waals surface area contributed by atoms with Gasteiger partial charge in [-0.1, -0.05) is 23.7 Å². The van der Waals surface area contributed by atoms with Crippen molar-refractivity contribution in [3.8, 4) is 11.3 Å². The minimum Gasteiger partial charge on any atom is -0.455 e. The maximum Gasteiger partial charge on any atom is 0.158 e. The molecule has 1 aromatic heterocycles. The van der Waals surface area contributed by atoms with Crippen molar-refractivity contribution >= 4 is 11.6 Å². The summed E-state index contributed by atoms with van der Waals surface area (Å²) >= 11 is 6.17. The first-order chi connectivity index (χ1) is 9.83. The highest BCUT2D eigenvalue weighted by Gasteiger charge is 2.17. The highest BCUT2D eigenvalue weighted by molar-refractivity contribution is 6.33. The van der Waals surface area contributed by atoms with Crippen LogP contribution in [0.4, 0.5) is 0 Å². The Bertz CT molecular complexity index is 561. The van der Waals surface area contributed by atoms with E-state index in [2.05, 4.69) is 5.32 Å². The number of quaternary nitrogens is 1. The van der Waals surface area contributed by atoms with Crippen LogP contribution >= 0.6 is 11.6 Å². The van der Waals surface area contributed by atoms with E-state index in [1.54, 1.807) is 0 Å². The van der Waals surface area contributed by atoms with E-state index in [9.17, 15) is 0 Å². The predicted octanol–water partition coefficient (Wildman–Crippen LogP) is 2.84. The second-order valence-corrected chi connectivity index (χ2v) is 5.52. The molecule has 2 N–H and O–H groups in total. The average molecular weight is 293 g/mol. The Morgan fingerprint density at radius 2 is 2.10 bits per heavy atom. The summed E-state index contributed by atoms with van der Waals surface area (Å²) in [5.41, 5.74) is 0.944. The zero-order chi connectivity index (χ0) is 13.8. The number of halogens is 1. The summed E-state index contributed by atoms with van der Waals surface area (Å²) in [4.78, 5) is 0. The van der Waals surface area contributed by atoms with Gasteiger partial charge in [0.05, 0.1) is 5.02 Å². The third-order valence-corrected chi connectivity index (χ3v) is 3.93. The first kappa shape index (κ1) is 13.7. The summed E-state index contributed by atoms with van der Waals surface area (Å²) in [7, 11) is 0. The minimum atomic E-state index is 0.410. The van der Waals surface area contributed by atoms with E-state index in [1.807, 2.05) is 36.4 Å². The molecule has 0 bridgehead atoms. The SMILES string of the molecule is Clc1ccccc1-c1ccc(C[NH2+]C[C@@H]2CCCO2)o1. The van der Waals surface area contributed by atoms with Crippen molar-refractivity contribution < 1.29 is 14.5 Å². The Morgan fingerprint density at radius 3 is 2.90 bits per heavy atom. The zero-order valence-corrected chi connectivity index (χ0v) is 12.1. The second kappa shape index (κ2) is 6.44. The molecule has 0 unspecified atom stereocenters. The molecule has 1 fully saturated rings. The maximum absolute atomic E-state index is 6.17. The third kappa shape index (κ3) is 3.23. The van der Waals surface area contributed by atoms with Gasteiger partial charge in [0, 0.05) is 12.2 Å². The second-order valence-electron chi connectivity index (χ2n) is 5.11. The smallest absolute Gasteiger partial charge is 0.158 e. The van der Waals surface area contributed by atoms with Crippen LogP contribution in [0.25, 0.3) is 11.3 Å². The van der Waals surface area contributed by atoms with Gasteiger partial charge >= 0.3 is 0 Å². The topological polar surface area (TPSA) is 39.0 Å². The van der Waals surface area contributed by atoms with Gasteiger partial charge in [-0.15, -0.1) is 0 Å². The van der Waals surface area contributed by atoms with Crippen LogP contribution in [0, 0.1) is 0 Å². The number of benzene rings is 1. The fraction of sp³-hybridized carbons (Fsp3) is 0.375. The Hall–Kier alpha value is -1.29. The fourth-order valence-corrected chi connectivity index (χ4v) is 2.76. The lowest BCUT2D eigenvalue weighted by atomic mass is 10.2. The van der Waals surface area contributed by atoms with Crippen molar-refractivity contribution in [2.45, 2.75) is 25.5 Å². The van der Waals surface area contributed by atoms with E-state index in [-0.39, 0.29) is 0 Å². The number of hydrogen-bond acceptors (Lipinski definition) is 2. The molecule has 2 aromatic rings. The molecule has 0 amide bonds. The number of ether oxygens (including phenoxy) is 1. The molecule has 3 nitrogen and oxygen atoms in total. The summed E-state index contributed by atoms with van der Waals surface area (Å²) in [6.07, 6.45) is 2.78. The van der Waals surface area contributed by atoms with Gasteiger partial charge in [0.1, 0.15) is 25.0 Å². The van der Waals surface area contributed by atoms with Crippen molar-refractivity contribution in [3.05, 3.63) is 47.2 Å². The summed E-state index contributed by atoms with van der Waals surface area (Å²) in [6, 6.07) is 11.7. The van der Waals surface area contributed by atoms with Crippen LogP contribution < -0.4 is 5.32 Å². The van der Waals surface area contributed by atoms with Gasteiger partial charge in [-0.05, 0) is 37.1 Å². The van der Waals surface area contributed by atoms with E-state index in [4.69, 9.17) is 20.8 Å². The van der Waals surface area contributed by atoms with Crippen molar-refractivity contribution in [1.29, 1.82) is 0 Å². The first-order valence-electron chi connectivity index (χ1n) is 7.10. The van der Waals surface area contributed by atoms with Crippen LogP contribution in [0.1, 0.15) is 18.6 Å². The summed E-state index contributed by atoms with van der Waals surface area (Å²) in [6.45, 7) is 2.75. The maximum atomic E-state index is 6.17. The number of furan rings is 1. The summed E-state index contributed by atoms with van der Waals surface area (Å²) in [5, 5.41) is 2.96. The zero-order valence-electron chi connectivity index (χ0n) is 11.3. The molecule has 4 heteroatoms. The largest absolute Gasteiger partial charge is 0.455 e. The molecule has 0 spiro atoms. The molecule has 2 heterocycles. The minimum absolute atomic E-state index is 0.410. The number of rotatable bonds is 5. The van der Waals surface area contributed by atoms with Crippen molar-refractivity contribution in [1.82, 2.24) is 0 Å². The molecule has 1 aromatic carbocycles. The quantitative estimate of drug-likeness (QED) is 0.920. The molecule has 20 heavy (non-hydrogen) atoms. The fourth-order valence-electron chi connectivity index (χ4n) is 2.54. The van der Waals surface area contributed by atoms with Crippen LogP contribution in [-0.4, -0.2) is 19.3 Å². The highest BCUT2D eigenvalue weighted by Crippen LogP contribution is 2.28. The van der Waals surface area contributed by atoms with Gasteiger partial charge in [0.15, 0.2) is 5.76 Å². The molecule has 0 saturated carbocycles. The Balaban J connectivity index is 1.58. The molecule has 1 aliphatic heterocycles. The van der Waals surface area contributed by atoms with Gasteiger partial charge in [0.25, 0.3) is 0 Å². The average Bonchev–Trinajstić information content (AvgIpc) is 3.11. The Labute approximate surface area is 123 Å². The summed E-state index contributed by atoms with van der Waals surface area (Å²) < 4.78 is 11.5. The lowest BCUT2D eigenvalue weighted by Gasteiger charge is -2.06. The third-order valence-electron chi connectivity index (χ3n) is 3.60. The van der Waals surface area contributed by atoms with Gasteiger partial charge in [-0.2, -0.15) is 0 Å². The molecular weight excluding hydrogens is 274 g/mol. The Kier molecular flexibility index (Phi) is 4.41. The highest BCUT2D eigenvalue weighted by atomic mass is 35.5. The number of hydrogen-bond donors (Lipinski definition) is 1. The standard InChI is InChI=1S/C16H18ClNO2/c17-15-6-2-1-5-14(15)16-8-7-13(20-16)11-18-10-12-4-3-9-19-12/h1-2,5-8,12,18H,3-4,9-11H2/p+1/t12-/m0/s1. The number of nitrogens with two attached hydrogens (primary N) is 1. The van der Waals surface area contributed by atoms with Gasteiger partial charge in [0.2, 0.25) is 0 Å². The van der Waals surface area contributed by atoms with Gasteiger partial charge in [-0.3, -0.25) is 0 Å². The van der Waals surface area contributed by atoms with Crippen LogP contribution in [0.15, 0.2) is 40.8 Å². The molecular formula is C16H19ClNO2+. The lowest BCUT2D eigenvalue weighted by Crippen LogP contribution is -2.84. The molecule has 0 radical (unpaired) electrons. The van der Waals surface area contributed by atoms with E-state index < -0.39 is 0 Å². The normalized spacial score (nSPS) is 18.6. The summed E-state index contributed by atoms with van der Waals surface area (Å²) in [5.74, 6) is 1.80. The van der Waals surface area contributed by atoms with E-state index in [1.165, 1.54) is 12.8 Å². The van der Waals surface area contributed by atoms with Gasteiger partial charge in [-0.25, -0.2) is 0 Å². The van der Waals surface area contributed by atoms with Crippen LogP contribution in [0.5, 0.6) is 0 Å². The van der Waals surface area contributed by atoms with Crippen molar-refractivity contribution in [2.75, 3.05) is 13.2 Å².